The number of piperazine rings is 1. The number of fused-ring (bicyclic) bond motifs is 3. The van der Waals surface area contributed by atoms with E-state index < -0.39 is 5.60 Å². The third-order valence-electron chi connectivity index (χ3n) is 7.76. The van der Waals surface area contributed by atoms with Crippen LogP contribution >= 0.6 is 0 Å². The Morgan fingerprint density at radius 2 is 1.85 bits per heavy atom. The highest BCUT2D eigenvalue weighted by atomic mass is 16.6. The van der Waals surface area contributed by atoms with Gasteiger partial charge in [0.05, 0.1) is 31.6 Å². The Kier molecular flexibility index (Phi) is 6.31. The van der Waals surface area contributed by atoms with Gasteiger partial charge in [-0.3, -0.25) is 19.0 Å². The first-order chi connectivity index (χ1) is 19.1. The Bertz CT molecular complexity index is 1460. The lowest BCUT2D eigenvalue weighted by molar-refractivity contribution is -0.129. The Morgan fingerprint density at radius 3 is 2.52 bits per heavy atom. The molecular formula is C29H34N6O5. The van der Waals surface area contributed by atoms with Crippen molar-refractivity contribution in [3.8, 4) is 5.75 Å². The molecule has 5 heterocycles. The number of carbonyl (C=O) groups is 3. The second kappa shape index (κ2) is 9.72. The molecule has 3 aliphatic heterocycles. The fourth-order valence-corrected chi connectivity index (χ4v) is 5.89. The summed E-state index contributed by atoms with van der Waals surface area (Å²) in [5.74, 6) is 1.13. The van der Waals surface area contributed by atoms with Crippen molar-refractivity contribution in [3.05, 3.63) is 54.4 Å². The topological polar surface area (TPSA) is 99.9 Å². The third kappa shape index (κ3) is 4.59. The van der Waals surface area contributed by atoms with Gasteiger partial charge in [0.15, 0.2) is 5.65 Å². The number of pyridine rings is 1. The van der Waals surface area contributed by atoms with E-state index in [-0.39, 0.29) is 49.6 Å². The molecular weight excluding hydrogens is 512 g/mol. The van der Waals surface area contributed by atoms with Gasteiger partial charge in [0.25, 0.3) is 0 Å². The van der Waals surface area contributed by atoms with Gasteiger partial charge in [-0.05, 0) is 57.0 Å². The van der Waals surface area contributed by atoms with Gasteiger partial charge in [-0.2, -0.15) is 0 Å². The van der Waals surface area contributed by atoms with Gasteiger partial charge in [0.1, 0.15) is 17.2 Å². The molecule has 0 radical (unpaired) electrons. The normalized spacial score (nSPS) is 21.1. The minimum absolute atomic E-state index is 0.0794. The quantitative estimate of drug-likeness (QED) is 0.479. The van der Waals surface area contributed by atoms with E-state index in [2.05, 4.69) is 4.90 Å². The number of methoxy groups -OCH3 is 1. The zero-order valence-corrected chi connectivity index (χ0v) is 23.2. The predicted octanol–water partition coefficient (Wildman–Crippen LogP) is 3.90. The van der Waals surface area contributed by atoms with E-state index in [0.717, 1.165) is 23.3 Å². The second-order valence-corrected chi connectivity index (χ2v) is 11.5. The summed E-state index contributed by atoms with van der Waals surface area (Å²) in [7, 11) is 1.60. The Hall–Kier alpha value is -4.28. The van der Waals surface area contributed by atoms with E-state index >= 15 is 0 Å². The Labute approximate surface area is 232 Å². The van der Waals surface area contributed by atoms with Crippen LogP contribution in [0.1, 0.15) is 39.2 Å². The number of aromatic nitrogens is 2. The number of carbonyl (C=O) groups excluding carboxylic acids is 3. The van der Waals surface area contributed by atoms with Gasteiger partial charge >= 0.3 is 12.1 Å². The van der Waals surface area contributed by atoms with Crippen LogP contribution in [-0.2, 0) is 16.1 Å². The highest BCUT2D eigenvalue weighted by Gasteiger charge is 2.47. The van der Waals surface area contributed by atoms with Crippen LogP contribution in [0.25, 0.3) is 5.65 Å². The number of nitrogens with zero attached hydrogens (tertiary/aromatic N) is 6. The number of hydrogen-bond acceptors (Lipinski definition) is 7. The van der Waals surface area contributed by atoms with Crippen molar-refractivity contribution in [1.29, 1.82) is 0 Å². The maximum absolute atomic E-state index is 13.6. The number of urea groups is 1. The zero-order valence-electron chi connectivity index (χ0n) is 23.2. The van der Waals surface area contributed by atoms with Crippen molar-refractivity contribution in [2.75, 3.05) is 36.5 Å². The van der Waals surface area contributed by atoms with E-state index in [9.17, 15) is 14.4 Å². The number of likely N-dealkylation sites (tertiary alicyclic amines) is 1. The first kappa shape index (κ1) is 26.0. The van der Waals surface area contributed by atoms with Gasteiger partial charge in [-0.25, -0.2) is 14.6 Å². The SMILES string of the molecule is COc1ccc(CN2C(=O)CCN(c3cnc4c(N5C[C@H]6C[C@@H]5CN6C(=O)OC(C)(C)C)cccn34)C2=O)cc1. The lowest BCUT2D eigenvalue weighted by Crippen LogP contribution is -2.52. The second-order valence-electron chi connectivity index (χ2n) is 11.5. The molecule has 0 N–H and O–H groups in total. The number of ether oxygens (including phenoxy) is 2. The van der Waals surface area contributed by atoms with Crippen LogP contribution in [-0.4, -0.2) is 81.6 Å². The van der Waals surface area contributed by atoms with Crippen LogP contribution in [0.3, 0.4) is 0 Å². The van der Waals surface area contributed by atoms with Gasteiger partial charge in [0, 0.05) is 38.3 Å². The molecule has 3 aliphatic rings. The molecule has 11 heteroatoms. The Morgan fingerprint density at radius 1 is 1.07 bits per heavy atom. The maximum Gasteiger partial charge on any atom is 0.410 e. The van der Waals surface area contributed by atoms with Crippen molar-refractivity contribution in [1.82, 2.24) is 19.2 Å². The molecule has 0 saturated carbocycles. The zero-order chi connectivity index (χ0) is 28.2. The van der Waals surface area contributed by atoms with Crippen LogP contribution in [0.4, 0.5) is 21.1 Å². The molecule has 0 aliphatic carbocycles. The van der Waals surface area contributed by atoms with E-state index in [1.807, 2.05) is 72.7 Å². The smallest absolute Gasteiger partial charge is 0.410 e. The minimum Gasteiger partial charge on any atom is -0.497 e. The molecule has 6 rings (SSSR count). The standard InChI is InChI=1S/C29H34N6O5/c1-29(2,3)40-28(38)34-18-20-14-21(34)17-33(20)23-6-5-12-31-24(15-30-26(23)31)32-13-11-25(36)35(27(32)37)16-19-7-9-22(39-4)10-8-19/h5-10,12,15,20-21H,11,13-14,16-18H2,1-4H3/t20-,21-/m1/s1. The molecule has 4 amide bonds. The fraction of sp³-hybridized carbons (Fsp3) is 0.448. The Balaban J connectivity index is 1.21. The molecule has 3 fully saturated rings. The van der Waals surface area contributed by atoms with Gasteiger partial charge in [-0.15, -0.1) is 0 Å². The van der Waals surface area contributed by atoms with Crippen LogP contribution in [0.15, 0.2) is 48.8 Å². The molecule has 1 aromatic carbocycles. The van der Waals surface area contributed by atoms with E-state index in [4.69, 9.17) is 14.5 Å². The minimum atomic E-state index is -0.531. The van der Waals surface area contributed by atoms with Crippen LogP contribution in [0.5, 0.6) is 5.75 Å². The van der Waals surface area contributed by atoms with E-state index in [0.29, 0.717) is 24.7 Å². The number of benzene rings is 1. The van der Waals surface area contributed by atoms with Crippen molar-refractivity contribution >= 4 is 35.2 Å². The number of imide groups is 1. The lowest BCUT2D eigenvalue weighted by atomic mass is 10.2. The summed E-state index contributed by atoms with van der Waals surface area (Å²) in [4.78, 5) is 50.8. The maximum atomic E-state index is 13.6. The average molecular weight is 547 g/mol. The number of amides is 4. The summed E-state index contributed by atoms with van der Waals surface area (Å²) in [6.45, 7) is 7.40. The van der Waals surface area contributed by atoms with Crippen LogP contribution in [0, 0.1) is 0 Å². The van der Waals surface area contributed by atoms with Gasteiger partial charge in [0.2, 0.25) is 5.91 Å². The van der Waals surface area contributed by atoms with Crippen molar-refractivity contribution in [2.24, 2.45) is 0 Å². The molecule has 2 aromatic heterocycles. The molecule has 2 bridgehead atoms. The van der Waals surface area contributed by atoms with Crippen molar-refractivity contribution < 1.29 is 23.9 Å². The van der Waals surface area contributed by atoms with Crippen molar-refractivity contribution in [3.63, 3.8) is 0 Å². The number of imidazole rings is 1. The van der Waals surface area contributed by atoms with E-state index in [1.165, 1.54) is 4.90 Å². The summed E-state index contributed by atoms with van der Waals surface area (Å²) in [6, 6.07) is 11.2. The molecule has 40 heavy (non-hydrogen) atoms. The first-order valence-electron chi connectivity index (χ1n) is 13.6. The fourth-order valence-electron chi connectivity index (χ4n) is 5.89. The summed E-state index contributed by atoms with van der Waals surface area (Å²) in [5, 5.41) is 0. The predicted molar refractivity (Wildman–Crippen MR) is 149 cm³/mol. The van der Waals surface area contributed by atoms with Gasteiger partial charge in [-0.1, -0.05) is 12.1 Å². The summed E-state index contributed by atoms with van der Waals surface area (Å²) < 4.78 is 12.7. The summed E-state index contributed by atoms with van der Waals surface area (Å²) in [6.07, 6.45) is 4.42. The molecule has 3 aromatic rings. The number of rotatable bonds is 5. The third-order valence-corrected chi connectivity index (χ3v) is 7.76. The highest BCUT2D eigenvalue weighted by molar-refractivity contribution is 6.05. The molecule has 0 unspecified atom stereocenters. The summed E-state index contributed by atoms with van der Waals surface area (Å²) >= 11 is 0. The summed E-state index contributed by atoms with van der Waals surface area (Å²) in [5.41, 5.74) is 2.01. The molecule has 210 valence electrons. The average Bonchev–Trinajstić information content (AvgIpc) is 3.65. The molecule has 11 nitrogen and oxygen atoms in total. The number of anilines is 2. The monoisotopic (exact) mass is 546 g/mol. The van der Waals surface area contributed by atoms with Gasteiger partial charge < -0.3 is 19.3 Å². The number of hydrogen-bond donors (Lipinski definition) is 0. The largest absolute Gasteiger partial charge is 0.497 e. The van der Waals surface area contributed by atoms with Crippen LogP contribution in [0.2, 0.25) is 0 Å². The van der Waals surface area contributed by atoms with E-state index in [1.54, 1.807) is 18.2 Å². The van der Waals surface area contributed by atoms with Crippen LogP contribution < -0.4 is 14.5 Å². The highest BCUT2D eigenvalue weighted by Crippen LogP contribution is 2.38. The molecule has 2 atom stereocenters. The molecule has 3 saturated heterocycles. The van der Waals surface area contributed by atoms with Crippen molar-refractivity contribution in [2.45, 2.75) is 57.8 Å². The first-order valence-corrected chi connectivity index (χ1v) is 13.6. The lowest BCUT2D eigenvalue weighted by Gasteiger charge is -2.36. The molecule has 0 spiro atoms.